The third-order valence-electron chi connectivity index (χ3n) is 2.90. The molecular formula is C9H17PS3. The lowest BCUT2D eigenvalue weighted by atomic mass is 10.2. The monoisotopic (exact) mass is 252 g/mol. The Bertz CT molecular complexity index is 199. The van der Waals surface area contributed by atoms with Crippen molar-refractivity contribution in [2.45, 2.75) is 44.2 Å². The Hall–Kier alpha value is 1.35. The van der Waals surface area contributed by atoms with E-state index >= 15 is 0 Å². The predicted molar refractivity (Wildman–Crippen MR) is 70.7 cm³/mol. The summed E-state index contributed by atoms with van der Waals surface area (Å²) in [5, 5.41) is 0. The van der Waals surface area contributed by atoms with Crippen molar-refractivity contribution in [3.8, 4) is 0 Å². The molecule has 1 saturated heterocycles. The van der Waals surface area contributed by atoms with Gasteiger partial charge in [0.15, 0.2) is 0 Å². The van der Waals surface area contributed by atoms with Crippen LogP contribution >= 0.6 is 27.2 Å². The van der Waals surface area contributed by atoms with Gasteiger partial charge in [-0.3, -0.25) is 0 Å². The van der Waals surface area contributed by atoms with Gasteiger partial charge in [0.25, 0.3) is 0 Å². The van der Waals surface area contributed by atoms with Gasteiger partial charge in [-0.1, -0.05) is 37.5 Å². The lowest BCUT2D eigenvalue weighted by molar-refractivity contribution is 0.702. The second-order valence-corrected chi connectivity index (χ2v) is 15.8. The van der Waals surface area contributed by atoms with Gasteiger partial charge in [-0.2, -0.15) is 0 Å². The smallest absolute Gasteiger partial charge is 0.0602 e. The van der Waals surface area contributed by atoms with E-state index in [1.807, 2.05) is 0 Å². The van der Waals surface area contributed by atoms with E-state index in [2.05, 4.69) is 22.8 Å². The van der Waals surface area contributed by atoms with Crippen LogP contribution in [0.15, 0.2) is 0 Å². The van der Waals surface area contributed by atoms with Gasteiger partial charge in [0.05, 0.1) is 4.44 Å². The zero-order chi connectivity index (χ0) is 9.15. The fourth-order valence-electron chi connectivity index (χ4n) is 2.15. The maximum atomic E-state index is 5.88. The van der Waals surface area contributed by atoms with Crippen LogP contribution in [0, 0.1) is 0 Å². The van der Waals surface area contributed by atoms with Crippen LogP contribution in [0.2, 0.25) is 0 Å². The van der Waals surface area contributed by atoms with Crippen molar-refractivity contribution in [1.29, 1.82) is 0 Å². The zero-order valence-electron chi connectivity index (χ0n) is 7.91. The minimum absolute atomic E-state index is 0.933. The maximum Gasteiger partial charge on any atom is 0.0602 e. The summed E-state index contributed by atoms with van der Waals surface area (Å²) in [7, 11) is 0. The van der Waals surface area contributed by atoms with Crippen LogP contribution < -0.4 is 0 Å². The summed E-state index contributed by atoms with van der Waals surface area (Å²) >= 11 is 10.2. The molecule has 1 saturated carbocycles. The Labute approximate surface area is 94.5 Å². The zero-order valence-corrected chi connectivity index (χ0v) is 11.3. The first-order valence-electron chi connectivity index (χ1n) is 5.20. The molecule has 0 aromatic carbocycles. The summed E-state index contributed by atoms with van der Waals surface area (Å²) in [6, 6.07) is 0. The van der Waals surface area contributed by atoms with E-state index in [0.717, 1.165) is 5.66 Å². The molecule has 0 aromatic heterocycles. The topological polar surface area (TPSA) is 0 Å². The molecule has 2 rings (SSSR count). The highest BCUT2D eigenvalue weighted by molar-refractivity contribution is 9.02. The maximum absolute atomic E-state index is 5.88. The van der Waals surface area contributed by atoms with Crippen molar-refractivity contribution in [2.75, 3.05) is 11.5 Å². The standard InChI is InChI=1S/C9H17PS3/c11-10(12-7-8-13-10)9-5-3-1-2-4-6-9/h9H,1-8H2. The van der Waals surface area contributed by atoms with Crippen molar-refractivity contribution < 1.29 is 0 Å². The molecule has 0 N–H and O–H groups in total. The Kier molecular flexibility index (Phi) is 4.11. The second-order valence-electron chi connectivity index (χ2n) is 3.85. The molecule has 1 heterocycles. The molecule has 0 nitrogen and oxygen atoms in total. The molecule has 13 heavy (non-hydrogen) atoms. The molecule has 0 aromatic rings. The largest absolute Gasteiger partial charge is 0.113 e. The Morgan fingerprint density at radius 3 is 2.00 bits per heavy atom. The Morgan fingerprint density at radius 2 is 1.46 bits per heavy atom. The van der Waals surface area contributed by atoms with E-state index in [9.17, 15) is 0 Å². The molecule has 0 unspecified atom stereocenters. The van der Waals surface area contributed by atoms with E-state index in [1.165, 1.54) is 50.0 Å². The quantitative estimate of drug-likeness (QED) is 0.498. The van der Waals surface area contributed by atoms with E-state index in [-0.39, 0.29) is 0 Å². The molecule has 0 atom stereocenters. The Balaban J connectivity index is 2.00. The summed E-state index contributed by atoms with van der Waals surface area (Å²) in [6.45, 7) is 0. The van der Waals surface area contributed by atoms with Gasteiger partial charge < -0.3 is 0 Å². The van der Waals surface area contributed by atoms with E-state index in [0.29, 0.717) is 0 Å². The molecule has 2 aliphatic rings. The van der Waals surface area contributed by atoms with Gasteiger partial charge in [-0.05, 0) is 12.8 Å². The van der Waals surface area contributed by atoms with Crippen LogP contribution in [0.5, 0.6) is 0 Å². The van der Waals surface area contributed by atoms with Crippen LogP contribution in [-0.4, -0.2) is 17.2 Å². The second kappa shape index (κ2) is 4.92. The highest BCUT2D eigenvalue weighted by atomic mass is 33.2. The van der Waals surface area contributed by atoms with Crippen LogP contribution in [0.1, 0.15) is 38.5 Å². The first-order chi connectivity index (χ1) is 6.31. The highest BCUT2D eigenvalue weighted by Crippen LogP contribution is 2.78. The fraction of sp³-hybridized carbons (Fsp3) is 1.00. The van der Waals surface area contributed by atoms with Gasteiger partial charge in [0.1, 0.15) is 0 Å². The summed E-state index contributed by atoms with van der Waals surface area (Å²) in [4.78, 5) is 0. The summed E-state index contributed by atoms with van der Waals surface area (Å²) in [6.07, 6.45) is 8.70. The molecule has 76 valence electrons. The van der Waals surface area contributed by atoms with Gasteiger partial charge in [0, 0.05) is 17.2 Å². The molecule has 0 radical (unpaired) electrons. The van der Waals surface area contributed by atoms with Gasteiger partial charge in [0.2, 0.25) is 0 Å². The average Bonchev–Trinajstić information content (AvgIpc) is 2.44. The summed E-state index contributed by atoms with van der Waals surface area (Å²) in [5.41, 5.74) is 0.933. The number of rotatable bonds is 1. The number of hydrogen-bond acceptors (Lipinski definition) is 3. The van der Waals surface area contributed by atoms with Crippen molar-refractivity contribution in [3.63, 3.8) is 0 Å². The first-order valence-corrected chi connectivity index (χ1v) is 11.3. The van der Waals surface area contributed by atoms with Crippen LogP contribution in [-0.2, 0) is 11.8 Å². The number of hydrogen-bond donors (Lipinski definition) is 0. The SMILES string of the molecule is S=P1(C2CCCCCC2)SCCS1. The third kappa shape index (κ3) is 2.68. The fourth-order valence-corrected chi connectivity index (χ4v) is 14.4. The minimum atomic E-state index is -1.01. The van der Waals surface area contributed by atoms with E-state index < -0.39 is 4.44 Å². The van der Waals surface area contributed by atoms with Crippen LogP contribution in [0.4, 0.5) is 0 Å². The highest BCUT2D eigenvalue weighted by Gasteiger charge is 2.33. The Morgan fingerprint density at radius 1 is 0.923 bits per heavy atom. The van der Waals surface area contributed by atoms with Crippen molar-refractivity contribution in [3.05, 3.63) is 0 Å². The first kappa shape index (κ1) is 10.9. The lowest BCUT2D eigenvalue weighted by Crippen LogP contribution is -2.01. The van der Waals surface area contributed by atoms with Crippen molar-refractivity contribution in [1.82, 2.24) is 0 Å². The molecule has 0 amide bonds. The molecule has 4 heteroatoms. The molecule has 2 fully saturated rings. The van der Waals surface area contributed by atoms with E-state index in [1.54, 1.807) is 0 Å². The minimum Gasteiger partial charge on any atom is -0.113 e. The van der Waals surface area contributed by atoms with Crippen molar-refractivity contribution in [2.24, 2.45) is 0 Å². The summed E-state index contributed by atoms with van der Waals surface area (Å²) < 4.78 is -1.01. The van der Waals surface area contributed by atoms with Crippen LogP contribution in [0.25, 0.3) is 0 Å². The average molecular weight is 252 g/mol. The normalized spacial score (nSPS) is 30.2. The molecule has 0 bridgehead atoms. The molecule has 1 aliphatic carbocycles. The summed E-state index contributed by atoms with van der Waals surface area (Å²) in [5.74, 6) is 2.66. The molecule has 1 aliphatic heterocycles. The predicted octanol–water partition coefficient (Wildman–Crippen LogP) is 4.50. The lowest BCUT2D eigenvalue weighted by Gasteiger charge is -2.24. The van der Waals surface area contributed by atoms with Gasteiger partial charge in [-0.25, -0.2) is 0 Å². The van der Waals surface area contributed by atoms with Gasteiger partial charge >= 0.3 is 0 Å². The third-order valence-corrected chi connectivity index (χ3v) is 15.8. The van der Waals surface area contributed by atoms with E-state index in [4.69, 9.17) is 11.8 Å². The van der Waals surface area contributed by atoms with Crippen LogP contribution in [0.3, 0.4) is 0 Å². The molecular weight excluding hydrogens is 235 g/mol. The molecule has 0 spiro atoms. The van der Waals surface area contributed by atoms with Crippen molar-refractivity contribution >= 4 is 39.0 Å². The van der Waals surface area contributed by atoms with Gasteiger partial charge in [-0.15, -0.1) is 22.8 Å².